The molecule has 6 nitrogen and oxygen atoms in total. The summed E-state index contributed by atoms with van der Waals surface area (Å²) in [5.74, 6) is 0.0745. The number of aromatic amines is 1. The molecule has 0 saturated heterocycles. The summed E-state index contributed by atoms with van der Waals surface area (Å²) in [4.78, 5) is 12.7. The van der Waals surface area contributed by atoms with Gasteiger partial charge in [0.2, 0.25) is 5.91 Å². The monoisotopic (exact) mass is 486 g/mol. The quantitative estimate of drug-likeness (QED) is 0.403. The molecule has 1 amide bonds. The van der Waals surface area contributed by atoms with E-state index >= 15 is 0 Å². The van der Waals surface area contributed by atoms with Crippen LogP contribution < -0.4 is 10.1 Å². The van der Waals surface area contributed by atoms with E-state index in [0.29, 0.717) is 36.6 Å². The van der Waals surface area contributed by atoms with Crippen LogP contribution in [0, 0.1) is 16.4 Å². The van der Waals surface area contributed by atoms with Gasteiger partial charge in [0, 0.05) is 36.1 Å². The van der Waals surface area contributed by atoms with Crippen molar-refractivity contribution >= 4 is 18.1 Å². The number of nitrogens with zero attached hydrogens (tertiary/aromatic N) is 2. The van der Waals surface area contributed by atoms with E-state index < -0.39 is 17.0 Å². The van der Waals surface area contributed by atoms with E-state index in [4.69, 9.17) is 17.0 Å². The van der Waals surface area contributed by atoms with Gasteiger partial charge in [-0.15, -0.1) is 0 Å². The number of carbonyl (C=O) groups is 1. The van der Waals surface area contributed by atoms with Crippen LogP contribution in [0.5, 0.6) is 5.75 Å². The fraction of sp³-hybridized carbons (Fsp3) is 0.400. The summed E-state index contributed by atoms with van der Waals surface area (Å²) in [6.45, 7) is 3.03. The number of amides is 1. The second-order valence-corrected chi connectivity index (χ2v) is 8.96. The van der Waals surface area contributed by atoms with Crippen molar-refractivity contribution in [1.29, 1.82) is 0 Å². The molecule has 3 aromatic rings. The first kappa shape index (κ1) is 24.1. The molecule has 1 fully saturated rings. The van der Waals surface area contributed by atoms with Gasteiger partial charge in [-0.25, -0.2) is 8.78 Å². The lowest BCUT2D eigenvalue weighted by Crippen LogP contribution is -2.40. The van der Waals surface area contributed by atoms with Crippen molar-refractivity contribution in [3.63, 3.8) is 0 Å². The highest BCUT2D eigenvalue weighted by Gasteiger charge is 2.40. The third-order valence-corrected chi connectivity index (χ3v) is 6.73. The first-order valence-electron chi connectivity index (χ1n) is 11.5. The van der Waals surface area contributed by atoms with Gasteiger partial charge in [-0.3, -0.25) is 14.5 Å². The largest absolute Gasteiger partial charge is 0.494 e. The predicted molar refractivity (Wildman–Crippen MR) is 128 cm³/mol. The van der Waals surface area contributed by atoms with Gasteiger partial charge < -0.3 is 10.1 Å². The molecule has 1 heterocycles. The first-order chi connectivity index (χ1) is 16.4. The Kier molecular flexibility index (Phi) is 7.41. The number of carbonyl (C=O) groups excluding carboxylic acids is 1. The third-order valence-electron chi connectivity index (χ3n) is 6.42. The summed E-state index contributed by atoms with van der Waals surface area (Å²) in [6.07, 6.45) is 3.19. The van der Waals surface area contributed by atoms with Crippen molar-refractivity contribution in [2.24, 2.45) is 0 Å². The van der Waals surface area contributed by atoms with Crippen molar-refractivity contribution in [3.8, 4) is 17.1 Å². The number of benzene rings is 2. The molecule has 180 valence electrons. The summed E-state index contributed by atoms with van der Waals surface area (Å²) in [7, 11) is 0. The van der Waals surface area contributed by atoms with Gasteiger partial charge in [0.15, 0.2) is 10.6 Å². The minimum Gasteiger partial charge on any atom is -0.494 e. The standard InChI is InChI=1S/C25H28F2N4O2S/c1-2-33-18-10-8-17(9-11-18)23-29-30-24(34)31(23)15-12-21(32)28-16-25(13-3-4-14-25)22-19(26)6-5-7-20(22)27/h5-11H,2-4,12-16H2,1H3,(H,28,32)(H,30,34). The van der Waals surface area contributed by atoms with E-state index in [1.807, 2.05) is 31.2 Å². The first-order valence-corrected chi connectivity index (χ1v) is 11.9. The fourth-order valence-corrected chi connectivity index (χ4v) is 4.98. The maximum absolute atomic E-state index is 14.5. The molecule has 4 rings (SSSR count). The maximum Gasteiger partial charge on any atom is 0.221 e. The van der Waals surface area contributed by atoms with E-state index in [0.717, 1.165) is 24.2 Å². The van der Waals surface area contributed by atoms with Crippen molar-refractivity contribution in [2.75, 3.05) is 13.2 Å². The molecule has 0 bridgehead atoms. The Hall–Kier alpha value is -3.07. The van der Waals surface area contributed by atoms with E-state index in [-0.39, 0.29) is 24.4 Å². The SMILES string of the molecule is CCOc1ccc(-c2n[nH]c(=S)n2CCC(=O)NCC2(c3c(F)cccc3F)CCCC2)cc1. The number of ether oxygens (including phenoxy) is 1. The van der Waals surface area contributed by atoms with Gasteiger partial charge >= 0.3 is 0 Å². The number of hydrogen-bond donors (Lipinski definition) is 2. The lowest BCUT2D eigenvalue weighted by Gasteiger charge is -2.30. The summed E-state index contributed by atoms with van der Waals surface area (Å²) in [6, 6.07) is 11.4. The van der Waals surface area contributed by atoms with Crippen LogP contribution in [-0.2, 0) is 16.8 Å². The van der Waals surface area contributed by atoms with Crippen molar-refractivity contribution in [1.82, 2.24) is 20.1 Å². The Morgan fingerprint density at radius 3 is 2.50 bits per heavy atom. The van der Waals surface area contributed by atoms with Crippen LogP contribution in [0.25, 0.3) is 11.4 Å². The van der Waals surface area contributed by atoms with Crippen molar-refractivity contribution in [2.45, 2.75) is 51.0 Å². The fourth-order valence-electron chi connectivity index (χ4n) is 4.75. The second kappa shape index (κ2) is 10.5. The second-order valence-electron chi connectivity index (χ2n) is 8.57. The van der Waals surface area contributed by atoms with Crippen LogP contribution >= 0.6 is 12.2 Å². The Bertz CT molecular complexity index is 1180. The maximum atomic E-state index is 14.5. The predicted octanol–water partition coefficient (Wildman–Crippen LogP) is 5.30. The van der Waals surface area contributed by atoms with E-state index in [9.17, 15) is 13.6 Å². The molecular weight excluding hydrogens is 458 g/mol. The Labute approximate surface area is 202 Å². The normalized spacial score (nSPS) is 14.8. The van der Waals surface area contributed by atoms with E-state index in [1.165, 1.54) is 18.2 Å². The molecule has 1 saturated carbocycles. The van der Waals surface area contributed by atoms with Crippen LogP contribution in [0.3, 0.4) is 0 Å². The Morgan fingerprint density at radius 2 is 1.85 bits per heavy atom. The van der Waals surface area contributed by atoms with Gasteiger partial charge in [0.25, 0.3) is 0 Å². The molecule has 1 aromatic heterocycles. The summed E-state index contributed by atoms with van der Waals surface area (Å²) in [5.41, 5.74) is 0.212. The molecule has 1 aliphatic rings. The lowest BCUT2D eigenvalue weighted by molar-refractivity contribution is -0.121. The van der Waals surface area contributed by atoms with Crippen LogP contribution in [0.1, 0.15) is 44.6 Å². The molecule has 2 aromatic carbocycles. The van der Waals surface area contributed by atoms with Crippen LogP contribution in [-0.4, -0.2) is 33.8 Å². The average molecular weight is 487 g/mol. The Balaban J connectivity index is 1.43. The zero-order valence-electron chi connectivity index (χ0n) is 19.1. The molecule has 0 unspecified atom stereocenters. The van der Waals surface area contributed by atoms with Gasteiger partial charge in [-0.1, -0.05) is 18.9 Å². The summed E-state index contributed by atoms with van der Waals surface area (Å²) in [5, 5.41) is 10.0. The molecule has 0 aliphatic heterocycles. The van der Waals surface area contributed by atoms with Crippen molar-refractivity contribution in [3.05, 3.63) is 64.4 Å². The molecule has 9 heteroatoms. The molecule has 34 heavy (non-hydrogen) atoms. The smallest absolute Gasteiger partial charge is 0.221 e. The third kappa shape index (κ3) is 5.04. The van der Waals surface area contributed by atoms with Gasteiger partial charge in [-0.05, 0) is 68.4 Å². The zero-order valence-corrected chi connectivity index (χ0v) is 19.9. The summed E-state index contributed by atoms with van der Waals surface area (Å²) >= 11 is 5.36. The average Bonchev–Trinajstić information content (AvgIpc) is 3.44. The van der Waals surface area contributed by atoms with Crippen LogP contribution in [0.4, 0.5) is 8.78 Å². The summed E-state index contributed by atoms with van der Waals surface area (Å²) < 4.78 is 36.7. The minimum atomic E-state index is -0.718. The molecule has 0 radical (unpaired) electrons. The zero-order chi connectivity index (χ0) is 24.1. The highest BCUT2D eigenvalue weighted by molar-refractivity contribution is 7.71. The highest BCUT2D eigenvalue weighted by atomic mass is 32.1. The van der Waals surface area contributed by atoms with Crippen LogP contribution in [0.2, 0.25) is 0 Å². The number of halogens is 2. The number of nitrogens with one attached hydrogen (secondary N) is 2. The number of aromatic nitrogens is 3. The topological polar surface area (TPSA) is 71.9 Å². The minimum absolute atomic E-state index is 0.0858. The lowest BCUT2D eigenvalue weighted by atomic mass is 9.78. The number of hydrogen-bond acceptors (Lipinski definition) is 4. The molecule has 0 atom stereocenters. The van der Waals surface area contributed by atoms with Gasteiger partial charge in [0.1, 0.15) is 17.4 Å². The highest BCUT2D eigenvalue weighted by Crippen LogP contribution is 2.42. The Morgan fingerprint density at radius 1 is 1.18 bits per heavy atom. The van der Waals surface area contributed by atoms with E-state index in [1.54, 1.807) is 4.57 Å². The molecular formula is C25H28F2N4O2S. The van der Waals surface area contributed by atoms with Gasteiger partial charge in [-0.2, -0.15) is 5.10 Å². The van der Waals surface area contributed by atoms with Crippen molar-refractivity contribution < 1.29 is 18.3 Å². The molecule has 1 aliphatic carbocycles. The molecule has 2 N–H and O–H groups in total. The van der Waals surface area contributed by atoms with E-state index in [2.05, 4.69) is 15.5 Å². The number of rotatable bonds is 9. The van der Waals surface area contributed by atoms with Crippen LogP contribution in [0.15, 0.2) is 42.5 Å². The van der Waals surface area contributed by atoms with Gasteiger partial charge in [0.05, 0.1) is 6.61 Å². The molecule has 0 spiro atoms. The number of H-pyrrole nitrogens is 1.